The lowest BCUT2D eigenvalue weighted by atomic mass is 10.0. The number of aryl methyl sites for hydroxylation is 2. The summed E-state index contributed by atoms with van der Waals surface area (Å²) < 4.78 is 2.22. The smallest absolute Gasteiger partial charge is 0.130 e. The van der Waals surface area contributed by atoms with Crippen molar-refractivity contribution in [1.82, 2.24) is 19.9 Å². The molecular weight excluding hydrogens is 236 g/mol. The molecule has 2 aromatic heterocycles. The number of aromatic nitrogens is 3. The second-order valence-corrected chi connectivity index (χ2v) is 4.70. The Morgan fingerprint density at radius 1 is 1.32 bits per heavy atom. The predicted octanol–water partition coefficient (Wildman–Crippen LogP) is 2.70. The molecule has 0 saturated carbocycles. The number of rotatable bonds is 6. The maximum atomic E-state index is 4.54. The highest BCUT2D eigenvalue weighted by Crippen LogP contribution is 2.23. The van der Waals surface area contributed by atoms with Gasteiger partial charge in [-0.2, -0.15) is 0 Å². The van der Waals surface area contributed by atoms with Crippen molar-refractivity contribution in [3.05, 3.63) is 47.8 Å². The van der Waals surface area contributed by atoms with Gasteiger partial charge in [0.2, 0.25) is 0 Å². The molecule has 0 aliphatic carbocycles. The highest BCUT2D eigenvalue weighted by molar-refractivity contribution is 5.30. The van der Waals surface area contributed by atoms with Crippen LogP contribution in [0.2, 0.25) is 0 Å². The molecule has 0 aliphatic rings. The molecule has 19 heavy (non-hydrogen) atoms. The van der Waals surface area contributed by atoms with Crippen molar-refractivity contribution in [3.8, 4) is 0 Å². The van der Waals surface area contributed by atoms with Crippen LogP contribution in [-0.4, -0.2) is 21.1 Å². The van der Waals surface area contributed by atoms with Gasteiger partial charge in [0.05, 0.1) is 6.04 Å². The summed E-state index contributed by atoms with van der Waals surface area (Å²) in [6, 6.07) is 2.16. The summed E-state index contributed by atoms with van der Waals surface area (Å²) in [7, 11) is 0. The van der Waals surface area contributed by atoms with Crippen LogP contribution in [0.1, 0.15) is 43.3 Å². The lowest BCUT2D eigenvalue weighted by molar-refractivity contribution is 0.541. The first-order chi connectivity index (χ1) is 9.27. The molecule has 0 radical (unpaired) electrons. The molecule has 2 heterocycles. The average molecular weight is 258 g/mol. The zero-order chi connectivity index (χ0) is 13.7. The van der Waals surface area contributed by atoms with Gasteiger partial charge in [0, 0.05) is 31.3 Å². The van der Waals surface area contributed by atoms with Gasteiger partial charge in [-0.1, -0.05) is 13.8 Å². The third-order valence-corrected chi connectivity index (χ3v) is 3.27. The molecule has 0 aliphatic heterocycles. The van der Waals surface area contributed by atoms with Crippen LogP contribution in [0.4, 0.5) is 0 Å². The summed E-state index contributed by atoms with van der Waals surface area (Å²) in [5, 5.41) is 3.52. The van der Waals surface area contributed by atoms with Crippen LogP contribution < -0.4 is 5.32 Å². The second-order valence-electron chi connectivity index (χ2n) is 4.70. The van der Waals surface area contributed by atoms with E-state index in [-0.39, 0.29) is 6.04 Å². The maximum Gasteiger partial charge on any atom is 0.130 e. The van der Waals surface area contributed by atoms with Gasteiger partial charge in [-0.15, -0.1) is 0 Å². The molecule has 2 aromatic rings. The lowest BCUT2D eigenvalue weighted by Crippen LogP contribution is -2.26. The Labute approximate surface area is 114 Å². The first-order valence-electron chi connectivity index (χ1n) is 6.92. The standard InChI is InChI=1S/C15H22N4/c1-4-9-19-10-8-18-15(19)14(17-5-2)13-11-16-7-6-12(13)3/h6-8,10-11,14,17H,4-5,9H2,1-3H3. The van der Waals surface area contributed by atoms with Crippen LogP contribution in [0.25, 0.3) is 0 Å². The van der Waals surface area contributed by atoms with Crippen molar-refractivity contribution < 1.29 is 0 Å². The molecule has 2 rings (SSSR count). The summed E-state index contributed by atoms with van der Waals surface area (Å²) >= 11 is 0. The highest BCUT2D eigenvalue weighted by Gasteiger charge is 2.19. The van der Waals surface area contributed by atoms with Crippen LogP contribution in [-0.2, 0) is 6.54 Å². The summed E-state index contributed by atoms with van der Waals surface area (Å²) in [5.41, 5.74) is 2.44. The van der Waals surface area contributed by atoms with E-state index in [1.165, 1.54) is 11.1 Å². The molecule has 0 spiro atoms. The third kappa shape index (κ3) is 3.01. The predicted molar refractivity (Wildman–Crippen MR) is 77.0 cm³/mol. The van der Waals surface area contributed by atoms with Crippen molar-refractivity contribution in [2.45, 2.75) is 39.8 Å². The molecule has 0 bridgehead atoms. The molecule has 0 fully saturated rings. The van der Waals surface area contributed by atoms with Crippen molar-refractivity contribution in [3.63, 3.8) is 0 Å². The first-order valence-corrected chi connectivity index (χ1v) is 6.92. The van der Waals surface area contributed by atoms with E-state index in [4.69, 9.17) is 0 Å². The van der Waals surface area contributed by atoms with E-state index in [1.807, 2.05) is 24.7 Å². The number of hydrogen-bond acceptors (Lipinski definition) is 3. The SMILES string of the molecule is CCCn1ccnc1C(NCC)c1cnccc1C. The molecule has 4 heteroatoms. The minimum absolute atomic E-state index is 0.111. The van der Waals surface area contributed by atoms with E-state index in [0.29, 0.717) is 0 Å². The van der Waals surface area contributed by atoms with Crippen molar-refractivity contribution in [1.29, 1.82) is 0 Å². The zero-order valence-corrected chi connectivity index (χ0v) is 11.9. The van der Waals surface area contributed by atoms with Gasteiger partial charge in [-0.05, 0) is 37.1 Å². The number of nitrogens with one attached hydrogen (secondary N) is 1. The molecule has 0 amide bonds. The Morgan fingerprint density at radius 3 is 2.84 bits per heavy atom. The quantitative estimate of drug-likeness (QED) is 0.866. The van der Waals surface area contributed by atoms with E-state index < -0.39 is 0 Å². The molecule has 4 nitrogen and oxygen atoms in total. The van der Waals surface area contributed by atoms with E-state index in [2.05, 4.69) is 46.8 Å². The largest absolute Gasteiger partial charge is 0.333 e. The van der Waals surface area contributed by atoms with Gasteiger partial charge < -0.3 is 9.88 Å². The van der Waals surface area contributed by atoms with Gasteiger partial charge in [-0.3, -0.25) is 4.98 Å². The van der Waals surface area contributed by atoms with Crippen molar-refractivity contribution in [2.24, 2.45) is 0 Å². The molecule has 1 N–H and O–H groups in total. The van der Waals surface area contributed by atoms with Crippen LogP contribution in [0.15, 0.2) is 30.9 Å². The van der Waals surface area contributed by atoms with E-state index in [9.17, 15) is 0 Å². The van der Waals surface area contributed by atoms with Gasteiger partial charge in [-0.25, -0.2) is 4.98 Å². The average Bonchev–Trinajstić information content (AvgIpc) is 2.86. The van der Waals surface area contributed by atoms with Crippen molar-refractivity contribution in [2.75, 3.05) is 6.54 Å². The van der Waals surface area contributed by atoms with Gasteiger partial charge in [0.1, 0.15) is 5.82 Å². The van der Waals surface area contributed by atoms with E-state index in [1.54, 1.807) is 0 Å². The Balaban J connectivity index is 2.40. The van der Waals surface area contributed by atoms with E-state index >= 15 is 0 Å². The fourth-order valence-corrected chi connectivity index (χ4v) is 2.33. The lowest BCUT2D eigenvalue weighted by Gasteiger charge is -2.20. The van der Waals surface area contributed by atoms with Crippen LogP contribution >= 0.6 is 0 Å². The normalized spacial score (nSPS) is 12.6. The first kappa shape index (κ1) is 13.7. The van der Waals surface area contributed by atoms with Crippen LogP contribution in [0.3, 0.4) is 0 Å². The van der Waals surface area contributed by atoms with Crippen molar-refractivity contribution >= 4 is 0 Å². The zero-order valence-electron chi connectivity index (χ0n) is 11.9. The Hall–Kier alpha value is -1.68. The fraction of sp³-hybridized carbons (Fsp3) is 0.467. The summed E-state index contributed by atoms with van der Waals surface area (Å²) in [5.74, 6) is 1.07. The number of nitrogens with zero attached hydrogens (tertiary/aromatic N) is 3. The van der Waals surface area contributed by atoms with Gasteiger partial charge in [0.25, 0.3) is 0 Å². The van der Waals surface area contributed by atoms with Crippen LogP contribution in [0, 0.1) is 6.92 Å². The third-order valence-electron chi connectivity index (χ3n) is 3.27. The summed E-state index contributed by atoms with van der Waals surface area (Å²) in [4.78, 5) is 8.80. The molecular formula is C15H22N4. The monoisotopic (exact) mass is 258 g/mol. The number of hydrogen-bond donors (Lipinski definition) is 1. The van der Waals surface area contributed by atoms with Gasteiger partial charge in [0.15, 0.2) is 0 Å². The summed E-state index contributed by atoms with van der Waals surface area (Å²) in [6.45, 7) is 8.32. The Bertz CT molecular complexity index is 518. The molecule has 1 atom stereocenters. The van der Waals surface area contributed by atoms with E-state index in [0.717, 1.165) is 25.3 Å². The molecule has 102 valence electrons. The minimum atomic E-state index is 0.111. The minimum Gasteiger partial charge on any atom is -0.333 e. The van der Waals surface area contributed by atoms with Gasteiger partial charge >= 0.3 is 0 Å². The summed E-state index contributed by atoms with van der Waals surface area (Å²) in [6.07, 6.45) is 8.80. The number of imidazole rings is 1. The van der Waals surface area contributed by atoms with Crippen LogP contribution in [0.5, 0.6) is 0 Å². The Kier molecular flexibility index (Phi) is 4.68. The fourth-order valence-electron chi connectivity index (χ4n) is 2.33. The second kappa shape index (κ2) is 6.48. The highest BCUT2D eigenvalue weighted by atomic mass is 15.1. The number of pyridine rings is 1. The Morgan fingerprint density at radius 2 is 2.16 bits per heavy atom. The molecule has 0 saturated heterocycles. The molecule has 1 unspecified atom stereocenters. The maximum absolute atomic E-state index is 4.54. The molecule has 0 aromatic carbocycles. The topological polar surface area (TPSA) is 42.7 Å².